The molecule has 1 saturated heterocycles. The van der Waals surface area contributed by atoms with Crippen molar-refractivity contribution in [1.82, 2.24) is 15.4 Å². The maximum atomic E-state index is 14.1. The first-order chi connectivity index (χ1) is 16.0. The zero-order valence-electron chi connectivity index (χ0n) is 18.7. The van der Waals surface area contributed by atoms with Crippen molar-refractivity contribution < 1.29 is 18.5 Å². The lowest BCUT2D eigenvalue weighted by Crippen LogP contribution is -2.54. The summed E-state index contributed by atoms with van der Waals surface area (Å²) in [6.45, 7) is 3.17. The number of hydrogen-bond acceptors (Lipinski definition) is 4. The first kappa shape index (κ1) is 22.7. The smallest absolute Gasteiger partial charge is 0.228 e. The molecule has 172 valence electrons. The summed E-state index contributed by atoms with van der Waals surface area (Å²) in [5, 5.41) is 7.11. The Morgan fingerprint density at radius 2 is 1.91 bits per heavy atom. The van der Waals surface area contributed by atoms with Crippen LogP contribution in [0, 0.1) is 11.2 Å². The number of carbonyl (C=O) groups excluding carboxylic acids is 2. The predicted octanol–water partition coefficient (Wildman–Crippen LogP) is 4.01. The van der Waals surface area contributed by atoms with Gasteiger partial charge in [0.2, 0.25) is 11.8 Å². The molecule has 2 heterocycles. The van der Waals surface area contributed by atoms with Crippen molar-refractivity contribution in [1.29, 1.82) is 0 Å². The van der Waals surface area contributed by atoms with E-state index in [9.17, 15) is 14.0 Å². The van der Waals surface area contributed by atoms with Crippen molar-refractivity contribution >= 4 is 11.8 Å². The van der Waals surface area contributed by atoms with Crippen LogP contribution in [0.25, 0.3) is 11.3 Å². The molecule has 1 N–H and O–H groups in total. The molecule has 4 rings (SSSR count). The summed E-state index contributed by atoms with van der Waals surface area (Å²) in [7, 11) is 0. The van der Waals surface area contributed by atoms with Crippen molar-refractivity contribution in [3.05, 3.63) is 77.8 Å². The molecule has 33 heavy (non-hydrogen) atoms. The normalized spacial score (nSPS) is 18.2. The van der Waals surface area contributed by atoms with Gasteiger partial charge >= 0.3 is 0 Å². The largest absolute Gasteiger partial charge is 0.361 e. The van der Waals surface area contributed by atoms with Gasteiger partial charge in [-0.05, 0) is 31.4 Å². The number of nitrogens with zero attached hydrogens (tertiary/aromatic N) is 2. The Morgan fingerprint density at radius 3 is 2.67 bits per heavy atom. The van der Waals surface area contributed by atoms with Crippen LogP contribution < -0.4 is 5.32 Å². The number of rotatable bonds is 7. The number of carbonyl (C=O) groups is 2. The average Bonchev–Trinajstić information content (AvgIpc) is 3.29. The van der Waals surface area contributed by atoms with Gasteiger partial charge in [0.05, 0.1) is 11.8 Å². The van der Waals surface area contributed by atoms with Crippen molar-refractivity contribution in [2.24, 2.45) is 5.41 Å². The maximum Gasteiger partial charge on any atom is 0.228 e. The molecule has 1 aromatic heterocycles. The minimum Gasteiger partial charge on any atom is -0.361 e. The zero-order valence-corrected chi connectivity index (χ0v) is 18.7. The van der Waals surface area contributed by atoms with E-state index in [1.165, 1.54) is 6.07 Å². The number of likely N-dealkylation sites (tertiary alicyclic amines) is 1. The van der Waals surface area contributed by atoms with Crippen molar-refractivity contribution in [3.63, 3.8) is 0 Å². The molecule has 0 saturated carbocycles. The lowest BCUT2D eigenvalue weighted by molar-refractivity contribution is -0.141. The number of hydrogen-bond donors (Lipinski definition) is 1. The van der Waals surface area contributed by atoms with Crippen molar-refractivity contribution in [3.8, 4) is 11.3 Å². The van der Waals surface area contributed by atoms with Gasteiger partial charge in [-0.15, -0.1) is 0 Å². The number of halogens is 1. The summed E-state index contributed by atoms with van der Waals surface area (Å²) in [4.78, 5) is 27.9. The van der Waals surface area contributed by atoms with Crippen LogP contribution in [0.15, 0.2) is 65.2 Å². The first-order valence-electron chi connectivity index (χ1n) is 11.3. The SMILES string of the molecule is CCNC(=O)[C@]1(Cc2cc(-c3ccccc3)no2)CCCN(C(=O)Cc2ccccc2F)C1. The monoisotopic (exact) mass is 449 g/mol. The van der Waals surface area contributed by atoms with E-state index in [1.54, 1.807) is 23.1 Å². The average molecular weight is 450 g/mol. The van der Waals surface area contributed by atoms with Gasteiger partial charge in [0.1, 0.15) is 17.3 Å². The van der Waals surface area contributed by atoms with E-state index in [4.69, 9.17) is 4.52 Å². The van der Waals surface area contributed by atoms with Gasteiger partial charge in [0, 0.05) is 37.7 Å². The van der Waals surface area contributed by atoms with Gasteiger partial charge in [-0.3, -0.25) is 9.59 Å². The quantitative estimate of drug-likeness (QED) is 0.591. The van der Waals surface area contributed by atoms with Gasteiger partial charge in [0.25, 0.3) is 0 Å². The minimum absolute atomic E-state index is 0.0292. The molecule has 3 aromatic rings. The number of piperidine rings is 1. The molecule has 1 atom stereocenters. The van der Waals surface area contributed by atoms with E-state index < -0.39 is 11.2 Å². The molecule has 0 bridgehead atoms. The third-order valence-corrected chi connectivity index (χ3v) is 6.19. The van der Waals surface area contributed by atoms with Crippen LogP contribution in [0.1, 0.15) is 31.1 Å². The topological polar surface area (TPSA) is 75.4 Å². The molecule has 0 unspecified atom stereocenters. The molecule has 0 spiro atoms. The molecule has 1 aliphatic rings. The van der Waals surface area contributed by atoms with Crippen LogP contribution in [0.5, 0.6) is 0 Å². The summed E-state index contributed by atoms with van der Waals surface area (Å²) < 4.78 is 19.7. The highest BCUT2D eigenvalue weighted by Crippen LogP contribution is 2.35. The van der Waals surface area contributed by atoms with E-state index in [1.807, 2.05) is 43.3 Å². The third kappa shape index (κ3) is 5.13. The van der Waals surface area contributed by atoms with E-state index >= 15 is 0 Å². The molecule has 0 radical (unpaired) electrons. The Labute approximate surface area is 192 Å². The Hall–Kier alpha value is -3.48. The lowest BCUT2D eigenvalue weighted by atomic mass is 9.75. The van der Waals surface area contributed by atoms with E-state index in [2.05, 4.69) is 10.5 Å². The highest BCUT2D eigenvalue weighted by molar-refractivity contribution is 5.85. The second-order valence-corrected chi connectivity index (χ2v) is 8.55. The van der Waals surface area contributed by atoms with Gasteiger partial charge in [-0.25, -0.2) is 4.39 Å². The second kappa shape index (κ2) is 9.98. The summed E-state index contributed by atoms with van der Waals surface area (Å²) >= 11 is 0. The molecule has 0 aliphatic carbocycles. The minimum atomic E-state index is -0.827. The van der Waals surface area contributed by atoms with Crippen LogP contribution in [0.4, 0.5) is 4.39 Å². The van der Waals surface area contributed by atoms with E-state index in [0.29, 0.717) is 49.4 Å². The molecule has 2 amide bonds. The zero-order chi connectivity index (χ0) is 23.3. The fraction of sp³-hybridized carbons (Fsp3) is 0.346. The molecular formula is C26H28FN3O3. The summed E-state index contributed by atoms with van der Waals surface area (Å²) in [5.74, 6) is -0.0847. The molecule has 6 nitrogen and oxygen atoms in total. The second-order valence-electron chi connectivity index (χ2n) is 8.55. The molecule has 7 heteroatoms. The van der Waals surface area contributed by atoms with Crippen LogP contribution in [0.2, 0.25) is 0 Å². The van der Waals surface area contributed by atoms with Crippen LogP contribution in [-0.2, 0) is 22.4 Å². The molecule has 2 aromatic carbocycles. The molecule has 1 fully saturated rings. The van der Waals surface area contributed by atoms with Crippen LogP contribution in [-0.4, -0.2) is 41.5 Å². The summed E-state index contributed by atoms with van der Waals surface area (Å²) in [6, 6.07) is 17.8. The van der Waals surface area contributed by atoms with Gasteiger partial charge in [-0.2, -0.15) is 0 Å². The Kier molecular flexibility index (Phi) is 6.87. The van der Waals surface area contributed by atoms with E-state index in [0.717, 1.165) is 5.56 Å². The standard InChI is InChI=1S/C26H28FN3O3/c1-2-28-25(32)26(17-21-16-23(29-33-21)19-9-4-3-5-10-19)13-8-14-30(18-26)24(31)15-20-11-6-7-12-22(20)27/h3-7,9-12,16H,2,8,13-15,17-18H2,1H3,(H,28,32)/t26-/m0/s1. The molecular weight excluding hydrogens is 421 g/mol. The van der Waals surface area contributed by atoms with Gasteiger partial charge in [-0.1, -0.05) is 53.7 Å². The first-order valence-corrected chi connectivity index (χ1v) is 11.3. The van der Waals surface area contributed by atoms with E-state index in [-0.39, 0.29) is 24.8 Å². The number of benzene rings is 2. The fourth-order valence-electron chi connectivity index (χ4n) is 4.49. The Bertz CT molecular complexity index is 1110. The van der Waals surface area contributed by atoms with Crippen LogP contribution in [0.3, 0.4) is 0 Å². The number of aromatic nitrogens is 1. The summed E-state index contributed by atoms with van der Waals surface area (Å²) in [5.41, 5.74) is 1.18. The highest BCUT2D eigenvalue weighted by Gasteiger charge is 2.44. The van der Waals surface area contributed by atoms with Crippen molar-refractivity contribution in [2.75, 3.05) is 19.6 Å². The maximum absolute atomic E-state index is 14.1. The lowest BCUT2D eigenvalue weighted by Gasteiger charge is -2.41. The highest BCUT2D eigenvalue weighted by atomic mass is 19.1. The third-order valence-electron chi connectivity index (χ3n) is 6.19. The fourth-order valence-corrected chi connectivity index (χ4v) is 4.49. The number of amides is 2. The Morgan fingerprint density at radius 1 is 1.15 bits per heavy atom. The Balaban J connectivity index is 1.55. The van der Waals surface area contributed by atoms with Gasteiger partial charge in [0.15, 0.2) is 0 Å². The van der Waals surface area contributed by atoms with Crippen molar-refractivity contribution in [2.45, 2.75) is 32.6 Å². The summed E-state index contributed by atoms with van der Waals surface area (Å²) in [6.07, 6.45) is 1.62. The molecule has 1 aliphatic heterocycles. The van der Waals surface area contributed by atoms with Crippen LogP contribution >= 0.6 is 0 Å². The number of nitrogens with one attached hydrogen (secondary N) is 1. The van der Waals surface area contributed by atoms with Gasteiger partial charge < -0.3 is 14.7 Å². The predicted molar refractivity (Wildman–Crippen MR) is 123 cm³/mol.